The van der Waals surface area contributed by atoms with E-state index >= 15 is 0 Å². The molecular weight excluding hydrogens is 432 g/mol. The van der Waals surface area contributed by atoms with Crippen molar-refractivity contribution in [1.82, 2.24) is 9.80 Å². The topological polar surface area (TPSA) is 32.8 Å². The first kappa shape index (κ1) is 23.5. The highest BCUT2D eigenvalue weighted by Gasteiger charge is 2.25. The summed E-state index contributed by atoms with van der Waals surface area (Å²) in [7, 11) is 0. The Morgan fingerprint density at radius 3 is 2.24 bits per heavy atom. The van der Waals surface area contributed by atoms with Crippen molar-refractivity contribution in [2.75, 3.05) is 32.7 Å². The van der Waals surface area contributed by atoms with E-state index < -0.39 is 0 Å². The summed E-state index contributed by atoms with van der Waals surface area (Å²) in [6.07, 6.45) is -0.0678. The SMILES string of the molecule is Cc1cccc(COC(CN2CCN(C(=O)c3cccc(C)c3)CC2)c2ccc(Cl)cc2)c1. The lowest BCUT2D eigenvalue weighted by Gasteiger charge is -2.36. The van der Waals surface area contributed by atoms with Crippen molar-refractivity contribution in [3.63, 3.8) is 0 Å². The molecule has 172 valence electrons. The molecule has 1 aliphatic heterocycles. The molecule has 1 heterocycles. The fourth-order valence-corrected chi connectivity index (χ4v) is 4.39. The highest BCUT2D eigenvalue weighted by molar-refractivity contribution is 6.30. The van der Waals surface area contributed by atoms with Crippen LogP contribution in [0, 0.1) is 13.8 Å². The zero-order valence-corrected chi connectivity index (χ0v) is 20.1. The minimum Gasteiger partial charge on any atom is -0.368 e. The molecule has 1 atom stereocenters. The largest absolute Gasteiger partial charge is 0.368 e. The predicted molar refractivity (Wildman–Crippen MR) is 134 cm³/mol. The number of piperazine rings is 1. The Bertz CT molecular complexity index is 1080. The van der Waals surface area contributed by atoms with Gasteiger partial charge < -0.3 is 9.64 Å². The highest BCUT2D eigenvalue weighted by atomic mass is 35.5. The molecule has 1 saturated heterocycles. The summed E-state index contributed by atoms with van der Waals surface area (Å²) >= 11 is 6.12. The molecule has 0 saturated carbocycles. The van der Waals surface area contributed by atoms with Crippen LogP contribution in [0.4, 0.5) is 0 Å². The smallest absolute Gasteiger partial charge is 0.253 e. The number of rotatable bonds is 7. The minimum absolute atomic E-state index is 0.0678. The van der Waals surface area contributed by atoms with E-state index in [0.29, 0.717) is 6.61 Å². The van der Waals surface area contributed by atoms with Gasteiger partial charge in [-0.15, -0.1) is 0 Å². The van der Waals surface area contributed by atoms with Gasteiger partial charge in [0.25, 0.3) is 5.91 Å². The van der Waals surface area contributed by atoms with Crippen LogP contribution >= 0.6 is 11.6 Å². The second-order valence-electron chi connectivity index (χ2n) is 8.80. The molecule has 33 heavy (non-hydrogen) atoms. The number of carbonyl (C=O) groups is 1. The summed E-state index contributed by atoms with van der Waals surface area (Å²) in [5.74, 6) is 0.114. The van der Waals surface area contributed by atoms with E-state index in [1.54, 1.807) is 0 Å². The lowest BCUT2D eigenvalue weighted by atomic mass is 10.1. The minimum atomic E-state index is -0.0678. The molecule has 0 N–H and O–H groups in total. The van der Waals surface area contributed by atoms with Gasteiger partial charge in [-0.3, -0.25) is 9.69 Å². The fraction of sp³-hybridized carbons (Fsp3) is 0.321. The van der Waals surface area contributed by atoms with Crippen molar-refractivity contribution in [3.05, 3.63) is 106 Å². The van der Waals surface area contributed by atoms with Gasteiger partial charge in [0.1, 0.15) is 0 Å². The van der Waals surface area contributed by atoms with Crippen LogP contribution < -0.4 is 0 Å². The Kier molecular flexibility index (Phi) is 7.81. The van der Waals surface area contributed by atoms with Gasteiger partial charge in [-0.05, 0) is 49.2 Å². The molecule has 0 spiro atoms. The lowest BCUT2D eigenvalue weighted by Crippen LogP contribution is -2.49. The van der Waals surface area contributed by atoms with E-state index in [2.05, 4.69) is 36.1 Å². The van der Waals surface area contributed by atoms with Gasteiger partial charge in [0.2, 0.25) is 0 Å². The number of hydrogen-bond acceptors (Lipinski definition) is 3. The lowest BCUT2D eigenvalue weighted by molar-refractivity contribution is 0.00341. The van der Waals surface area contributed by atoms with Crippen molar-refractivity contribution in [2.45, 2.75) is 26.6 Å². The van der Waals surface area contributed by atoms with Crippen molar-refractivity contribution in [1.29, 1.82) is 0 Å². The molecule has 5 heteroatoms. The first-order valence-corrected chi connectivity index (χ1v) is 11.9. The van der Waals surface area contributed by atoms with E-state index in [4.69, 9.17) is 16.3 Å². The van der Waals surface area contributed by atoms with E-state index in [0.717, 1.165) is 54.4 Å². The summed E-state index contributed by atoms with van der Waals surface area (Å²) in [5, 5.41) is 0.722. The molecule has 4 rings (SSSR count). The Hall–Kier alpha value is -2.66. The van der Waals surface area contributed by atoms with Gasteiger partial charge in [-0.25, -0.2) is 0 Å². The van der Waals surface area contributed by atoms with E-state index in [1.165, 1.54) is 11.1 Å². The van der Waals surface area contributed by atoms with Crippen LogP contribution in [0.3, 0.4) is 0 Å². The highest BCUT2D eigenvalue weighted by Crippen LogP contribution is 2.24. The van der Waals surface area contributed by atoms with E-state index in [1.807, 2.05) is 60.4 Å². The number of halogens is 1. The first-order chi connectivity index (χ1) is 16.0. The molecule has 0 radical (unpaired) electrons. The summed E-state index contributed by atoms with van der Waals surface area (Å²) in [6.45, 7) is 8.54. The number of amides is 1. The van der Waals surface area contributed by atoms with Crippen molar-refractivity contribution in [2.24, 2.45) is 0 Å². The molecule has 4 nitrogen and oxygen atoms in total. The second-order valence-corrected chi connectivity index (χ2v) is 9.24. The number of benzene rings is 3. The number of aryl methyl sites for hydroxylation is 2. The van der Waals surface area contributed by atoms with Crippen LogP contribution in [0.25, 0.3) is 0 Å². The van der Waals surface area contributed by atoms with Gasteiger partial charge >= 0.3 is 0 Å². The Morgan fingerprint density at radius 2 is 1.58 bits per heavy atom. The maximum absolute atomic E-state index is 12.9. The maximum atomic E-state index is 12.9. The van der Waals surface area contributed by atoms with Gasteiger partial charge in [0.05, 0.1) is 12.7 Å². The molecule has 1 fully saturated rings. The number of carbonyl (C=O) groups excluding carboxylic acids is 1. The molecule has 0 aromatic heterocycles. The Labute approximate surface area is 201 Å². The molecule has 0 aliphatic carbocycles. The third-order valence-corrected chi connectivity index (χ3v) is 6.38. The van der Waals surface area contributed by atoms with Gasteiger partial charge in [-0.1, -0.05) is 71.3 Å². The van der Waals surface area contributed by atoms with E-state index in [-0.39, 0.29) is 12.0 Å². The average Bonchev–Trinajstić information content (AvgIpc) is 2.82. The van der Waals surface area contributed by atoms with Crippen LogP contribution in [0.2, 0.25) is 5.02 Å². The zero-order valence-electron chi connectivity index (χ0n) is 19.3. The number of hydrogen-bond donors (Lipinski definition) is 0. The standard InChI is InChI=1S/C28H31ClN2O2/c1-21-5-3-7-23(17-21)20-33-27(24-9-11-26(29)12-10-24)19-30-13-15-31(16-14-30)28(32)25-8-4-6-22(2)18-25/h3-12,17-18,27H,13-16,19-20H2,1-2H3. The normalized spacial score (nSPS) is 15.4. The molecular formula is C28H31ClN2O2. The fourth-order valence-electron chi connectivity index (χ4n) is 4.26. The van der Waals surface area contributed by atoms with Crippen LogP contribution in [0.1, 0.15) is 38.7 Å². The van der Waals surface area contributed by atoms with Crippen LogP contribution in [0.5, 0.6) is 0 Å². The average molecular weight is 463 g/mol. The first-order valence-electron chi connectivity index (χ1n) is 11.5. The van der Waals surface area contributed by atoms with Gasteiger partial charge in [-0.2, -0.15) is 0 Å². The zero-order chi connectivity index (χ0) is 23.2. The molecule has 3 aromatic rings. The van der Waals surface area contributed by atoms with Crippen molar-refractivity contribution >= 4 is 17.5 Å². The Morgan fingerprint density at radius 1 is 0.909 bits per heavy atom. The Balaban J connectivity index is 1.39. The maximum Gasteiger partial charge on any atom is 0.253 e. The summed E-state index contributed by atoms with van der Waals surface area (Å²) in [4.78, 5) is 17.2. The predicted octanol–water partition coefficient (Wildman–Crippen LogP) is 5.67. The quantitative estimate of drug-likeness (QED) is 0.453. The summed E-state index contributed by atoms with van der Waals surface area (Å²) < 4.78 is 6.40. The molecule has 0 bridgehead atoms. The van der Waals surface area contributed by atoms with Crippen molar-refractivity contribution < 1.29 is 9.53 Å². The third kappa shape index (κ3) is 6.44. The van der Waals surface area contributed by atoms with E-state index in [9.17, 15) is 4.79 Å². The monoisotopic (exact) mass is 462 g/mol. The third-order valence-electron chi connectivity index (χ3n) is 6.12. The molecule has 1 amide bonds. The summed E-state index contributed by atoms with van der Waals surface area (Å²) in [5.41, 5.74) is 5.39. The summed E-state index contributed by atoms with van der Waals surface area (Å²) in [6, 6.07) is 24.2. The van der Waals surface area contributed by atoms with Gasteiger partial charge in [0, 0.05) is 43.3 Å². The molecule has 1 unspecified atom stereocenters. The number of nitrogens with zero attached hydrogens (tertiary/aromatic N) is 2. The van der Waals surface area contributed by atoms with Crippen LogP contribution in [-0.2, 0) is 11.3 Å². The molecule has 3 aromatic carbocycles. The number of ether oxygens (including phenoxy) is 1. The van der Waals surface area contributed by atoms with Crippen LogP contribution in [0.15, 0.2) is 72.8 Å². The van der Waals surface area contributed by atoms with Crippen LogP contribution in [-0.4, -0.2) is 48.4 Å². The second kappa shape index (κ2) is 11.0. The molecule has 1 aliphatic rings. The van der Waals surface area contributed by atoms with Gasteiger partial charge in [0.15, 0.2) is 0 Å². The van der Waals surface area contributed by atoms with Crippen molar-refractivity contribution in [3.8, 4) is 0 Å².